The summed E-state index contributed by atoms with van der Waals surface area (Å²) in [5.74, 6) is -4.56. The molecule has 0 aromatic heterocycles. The average molecular weight is 1510 g/mol. The van der Waals surface area contributed by atoms with Gasteiger partial charge in [0.2, 0.25) is 41.6 Å². The molecule has 10 unspecified atom stereocenters. The topological polar surface area (TPSA) is 672 Å². The van der Waals surface area contributed by atoms with Crippen LogP contribution in [0.5, 0.6) is 0 Å². The van der Waals surface area contributed by atoms with Gasteiger partial charge in [0, 0.05) is 49.8 Å². The molecule has 49 nitrogen and oxygen atoms in total. The molecule has 0 aromatic rings. The van der Waals surface area contributed by atoms with Crippen LogP contribution in [-0.4, -0.2) is 287 Å². The van der Waals surface area contributed by atoms with Crippen molar-refractivity contribution in [3.63, 3.8) is 0 Å². The Kier molecular flexibility index (Phi) is 33.2. The Labute approximate surface area is 537 Å². The van der Waals surface area contributed by atoms with Gasteiger partial charge >= 0.3 is 0 Å². The Hall–Kier alpha value is -1.69. The molecule has 5 rings (SSSR count). The largest absolute Gasteiger partial charge is 0.726 e. The zero-order chi connectivity index (χ0) is 69.3. The smallest absolute Gasteiger partial charge is 0.218 e. The first kappa shape index (κ1) is 82.0. The molecule has 93 heavy (non-hydrogen) atoms. The monoisotopic (exact) mass is 1500 g/mol. The minimum Gasteiger partial charge on any atom is -0.726 e. The van der Waals surface area contributed by atoms with Crippen LogP contribution in [0.3, 0.4) is 0 Å². The quantitative estimate of drug-likeness (QED) is 0.0149. The molecule has 25 atom stereocenters. The van der Waals surface area contributed by atoms with Crippen molar-refractivity contribution in [1.82, 2.24) is 0 Å². The van der Waals surface area contributed by atoms with Crippen molar-refractivity contribution in [1.29, 1.82) is 0 Å². The van der Waals surface area contributed by atoms with Crippen molar-refractivity contribution in [2.75, 3.05) is 69.6 Å². The van der Waals surface area contributed by atoms with Gasteiger partial charge in [-0.1, -0.05) is 0 Å². The summed E-state index contributed by atoms with van der Waals surface area (Å²) < 4.78 is 281. The number of rotatable bonds is 40. The summed E-state index contributed by atoms with van der Waals surface area (Å²) in [5.41, 5.74) is 6.38. The Balaban J connectivity index is 1.59. The molecule has 0 bridgehead atoms. The second kappa shape index (κ2) is 37.7. The molecule has 0 aliphatic carbocycles. The fourth-order valence-electron chi connectivity index (χ4n) is 9.81. The molecule has 5 saturated heterocycles. The number of carboxylic acids is 2. The molecule has 5 aliphatic rings. The lowest BCUT2D eigenvalue weighted by Crippen LogP contribution is -2.70. The highest BCUT2D eigenvalue weighted by Crippen LogP contribution is 2.42. The van der Waals surface area contributed by atoms with E-state index in [1.54, 1.807) is 0 Å². The van der Waals surface area contributed by atoms with Crippen molar-refractivity contribution in [3.05, 3.63) is 0 Å². The first-order chi connectivity index (χ1) is 43.8. The van der Waals surface area contributed by atoms with E-state index in [0.29, 0.717) is 0 Å². The van der Waals surface area contributed by atoms with Crippen molar-refractivity contribution in [3.8, 4) is 0 Å². The van der Waals surface area contributed by atoms with Gasteiger partial charge in [-0.25, -0.2) is 33.7 Å². The number of methoxy groups -OCH3 is 7. The van der Waals surface area contributed by atoms with E-state index in [-0.39, 0.29) is 24.6 Å². The van der Waals surface area contributed by atoms with E-state index < -0.39 is 239 Å². The normalized spacial score (nSPS) is 37.4. The lowest BCUT2D eigenvalue weighted by Gasteiger charge is -2.52. The average Bonchev–Trinajstić information content (AvgIpc) is 0.772. The number of hydrogen-bond acceptors (Lipinski definition) is 52. The number of hydrogen-bond donors (Lipinski definition) is 1. The van der Waals surface area contributed by atoms with Crippen LogP contribution in [0.15, 0.2) is 0 Å². The van der Waals surface area contributed by atoms with Crippen LogP contribution in [0, 0.1) is 0 Å². The van der Waals surface area contributed by atoms with Gasteiger partial charge < -0.3 is 135 Å². The van der Waals surface area contributed by atoms with Crippen molar-refractivity contribution >= 4 is 90.5 Å². The summed E-state index contributed by atoms with van der Waals surface area (Å²) in [6, 6.07) is -1.51. The maximum atomic E-state index is 13.3. The molecule has 0 radical (unpaired) electrons. The van der Waals surface area contributed by atoms with E-state index in [1.165, 1.54) is 0 Å². The highest BCUT2D eigenvalue weighted by atomic mass is 32.3. The van der Waals surface area contributed by atoms with Gasteiger partial charge in [-0.15, -0.1) is 13.0 Å². The van der Waals surface area contributed by atoms with Gasteiger partial charge in [0.15, 0.2) is 80.6 Å². The van der Waals surface area contributed by atoms with E-state index in [4.69, 9.17) is 98.3 Å². The lowest BCUT2D eigenvalue weighted by molar-refractivity contribution is -0.778. The number of aliphatic carboxylic acids is 2. The van der Waals surface area contributed by atoms with Crippen LogP contribution in [-0.2, 0) is 184 Å². The molecule has 5 aliphatic heterocycles. The highest BCUT2D eigenvalue weighted by Gasteiger charge is 2.60. The SMILES string of the molecule is COC1C(OC)[C@H](O[C@H]2O[C@@H](COS(=O)(=O)[O-])[C@@H](O[C@@H]3OC(C(=O)[O-])[C@@H](O[C@@H]4OC(COS(=O)(=O)[O-])[C@H](OC)[C@H](OC)C4N)[C@H](OC)C3OC)C(OSOO[O-])C2OS(=O)(=O)[O-])[C@H](C(=O)[O-])O[C@@H]1O[C@@H]1C(COS(=O)(=O)[O-])O[C@H](OC)C(OSOO[O-])[C@H]1OSOO[O-]. The summed E-state index contributed by atoms with van der Waals surface area (Å²) in [4.78, 5) is 26.4. The Bertz CT molecular complexity index is 2750. The molecule has 0 spiro atoms. The molecule has 5 fully saturated rings. The van der Waals surface area contributed by atoms with Crippen molar-refractivity contribution in [2.24, 2.45) is 5.73 Å². The summed E-state index contributed by atoms with van der Waals surface area (Å²) in [5, 5.41) is 68.6. The Morgan fingerprint density at radius 1 is 0.376 bits per heavy atom. The summed E-state index contributed by atoms with van der Waals surface area (Å²) in [6.07, 6.45) is -51.9. The van der Waals surface area contributed by atoms with Crippen molar-refractivity contribution in [2.45, 2.75) is 153 Å². The van der Waals surface area contributed by atoms with E-state index in [2.05, 4.69) is 40.7 Å². The van der Waals surface area contributed by atoms with E-state index in [1.807, 2.05) is 0 Å². The number of ether oxygens (including phenoxy) is 16. The fraction of sp³-hybridized carbons (Fsp3) is 0.946. The minimum atomic E-state index is -6.26. The summed E-state index contributed by atoms with van der Waals surface area (Å²) in [7, 11) is -16.6. The van der Waals surface area contributed by atoms with E-state index in [0.717, 1.165) is 49.8 Å². The zero-order valence-corrected chi connectivity index (χ0v) is 53.3. The van der Waals surface area contributed by atoms with Crippen LogP contribution in [0.25, 0.3) is 0 Å². The van der Waals surface area contributed by atoms with Crippen LogP contribution < -0.4 is 31.7 Å². The van der Waals surface area contributed by atoms with Crippen molar-refractivity contribution < 1.29 is 221 Å². The molecular weight excluding hydrogens is 1450 g/mol. The van der Waals surface area contributed by atoms with Gasteiger partial charge in [0.1, 0.15) is 104 Å². The second-order valence-corrected chi connectivity index (χ2v) is 23.9. The lowest BCUT2D eigenvalue weighted by atomic mass is 9.94. The van der Waals surface area contributed by atoms with Crippen LogP contribution >= 0.6 is 37.0 Å². The molecule has 5 heterocycles. The maximum Gasteiger partial charge on any atom is 0.218 e. The molecule has 56 heteroatoms. The predicted octanol–water partition coefficient (Wildman–Crippen LogP) is -12.5. The third kappa shape index (κ3) is 23.2. The van der Waals surface area contributed by atoms with E-state index >= 15 is 0 Å². The number of carbonyl (C=O) groups is 2. The summed E-state index contributed by atoms with van der Waals surface area (Å²) in [6.45, 7) is -4.07. The van der Waals surface area contributed by atoms with Gasteiger partial charge in [-0.3, -0.25) is 44.4 Å². The number of carboxylic acid groups (broad SMARTS) is 2. The molecule has 0 aromatic carbocycles. The number of carbonyl (C=O) groups excluding carboxylic acids is 2. The molecular formula is C37H54NO48S7-9. The van der Waals surface area contributed by atoms with Crippen LogP contribution in [0.2, 0.25) is 0 Å². The Morgan fingerprint density at radius 3 is 1.04 bits per heavy atom. The summed E-state index contributed by atoms with van der Waals surface area (Å²) >= 11 is -1.11. The Morgan fingerprint density at radius 2 is 0.699 bits per heavy atom. The molecule has 0 amide bonds. The highest BCUT2D eigenvalue weighted by molar-refractivity contribution is 7.90. The zero-order valence-electron chi connectivity index (χ0n) is 47.6. The predicted molar refractivity (Wildman–Crippen MR) is 258 cm³/mol. The molecule has 0 saturated carbocycles. The third-order valence-corrected chi connectivity index (χ3v) is 16.3. The first-order valence-electron chi connectivity index (χ1n) is 24.8. The van der Waals surface area contributed by atoms with Crippen LogP contribution in [0.1, 0.15) is 0 Å². The fourth-order valence-corrected chi connectivity index (χ4v) is 12.3. The van der Waals surface area contributed by atoms with Gasteiger partial charge in [0.25, 0.3) is 0 Å². The van der Waals surface area contributed by atoms with Gasteiger partial charge in [-0.05, 0) is 0 Å². The molecule has 2 N–H and O–H groups in total. The third-order valence-electron chi connectivity index (χ3n) is 13.3. The second-order valence-electron chi connectivity index (χ2n) is 18.4. The van der Waals surface area contributed by atoms with E-state index in [9.17, 15) is 87.5 Å². The number of nitrogens with two attached hydrogens (primary N) is 1. The maximum absolute atomic E-state index is 13.3. The van der Waals surface area contributed by atoms with Crippen LogP contribution in [0.4, 0.5) is 0 Å². The van der Waals surface area contributed by atoms with Gasteiger partial charge in [0.05, 0.1) is 37.8 Å². The van der Waals surface area contributed by atoms with Gasteiger partial charge in [-0.2, -0.15) is 0 Å². The minimum absolute atomic E-state index is 0.235. The first-order valence-corrected chi connectivity index (χ1v) is 32.2. The molecule has 546 valence electrons. The standard InChI is InChI=1S/C37H63NO48S7/c1-58-15-11(8-65-90(46,47)48)68-33(14(38)18(15)59-2)73-21-19(60-3)27(62-5)36(75-25(21)31(39)40)72-17-13(10-67-92(52,53)54)70-37(30(80-93(55,56)57)24(17)78-88-85-82-44)74-22-20(61-4)28(63-6)35(76-26(22)32(41)42)71-16-12(9-66-91(49,50)51)69-34(64-7)29(79-89-86-83-45)23(16)77-87-84-81-43/h11-30,33-37,43-45H,8-10,38H2,1-7H3,(H,39,40)(H,41,42)(H,46,47,48)(H,49,50,51)(H,52,53,54)(H,55,56,57)/p-9/t11?,12?,13-,14?,15-,16+,17+,18+,19-,20?,21-,22-,23-,24?,25?,26+,27?,28?,29?,30?,33-,34-,35-,36+,37+/m0/s1.